The van der Waals surface area contributed by atoms with Crippen LogP contribution in [0, 0.1) is 0 Å². The quantitative estimate of drug-likeness (QED) is 0.844. The molecule has 1 aromatic rings. The Morgan fingerprint density at radius 1 is 1.50 bits per heavy atom. The molecule has 1 heterocycles. The summed E-state index contributed by atoms with van der Waals surface area (Å²) in [4.78, 5) is 11.8. The standard InChI is InChI=1S/C14H18F2N2O2/c15-14(16)20-12-5-1-3-11(9-12)18-13(19)7-6-10-4-2-8-17-10/h1,3,5,9-10,14,17H,2,4,6-8H2,(H,18,19). The van der Waals surface area contributed by atoms with E-state index in [0.29, 0.717) is 18.2 Å². The molecule has 1 atom stereocenters. The Kier molecular flexibility index (Phi) is 5.29. The third-order valence-corrected chi connectivity index (χ3v) is 3.23. The van der Waals surface area contributed by atoms with Gasteiger partial charge in [-0.3, -0.25) is 4.79 Å². The van der Waals surface area contributed by atoms with Crippen LogP contribution >= 0.6 is 0 Å². The summed E-state index contributed by atoms with van der Waals surface area (Å²) in [5, 5.41) is 6.01. The zero-order valence-electron chi connectivity index (χ0n) is 11.1. The molecule has 0 aliphatic carbocycles. The first-order valence-electron chi connectivity index (χ1n) is 6.71. The van der Waals surface area contributed by atoms with Crippen molar-refractivity contribution in [2.24, 2.45) is 0 Å². The number of rotatable bonds is 6. The van der Waals surface area contributed by atoms with E-state index < -0.39 is 6.61 Å². The van der Waals surface area contributed by atoms with Crippen LogP contribution in [-0.2, 0) is 4.79 Å². The van der Waals surface area contributed by atoms with Gasteiger partial charge in [-0.1, -0.05) is 6.07 Å². The second-order valence-electron chi connectivity index (χ2n) is 4.79. The topological polar surface area (TPSA) is 50.4 Å². The van der Waals surface area contributed by atoms with E-state index in [0.717, 1.165) is 25.8 Å². The minimum atomic E-state index is -2.87. The zero-order chi connectivity index (χ0) is 14.4. The normalized spacial score (nSPS) is 18.2. The molecule has 1 unspecified atom stereocenters. The van der Waals surface area contributed by atoms with Gasteiger partial charge in [-0.05, 0) is 37.9 Å². The number of alkyl halides is 2. The molecule has 0 saturated carbocycles. The molecule has 1 amide bonds. The summed E-state index contributed by atoms with van der Waals surface area (Å²) in [6, 6.07) is 6.42. The van der Waals surface area contributed by atoms with Gasteiger partial charge < -0.3 is 15.4 Å². The highest BCUT2D eigenvalue weighted by Crippen LogP contribution is 2.20. The van der Waals surface area contributed by atoms with Crippen LogP contribution in [0.5, 0.6) is 5.75 Å². The summed E-state index contributed by atoms with van der Waals surface area (Å²) in [5.74, 6) is -0.0804. The molecule has 110 valence electrons. The molecule has 4 nitrogen and oxygen atoms in total. The predicted octanol–water partition coefficient (Wildman–Crippen LogP) is 2.76. The van der Waals surface area contributed by atoms with Crippen molar-refractivity contribution in [1.29, 1.82) is 0 Å². The molecular weight excluding hydrogens is 266 g/mol. The van der Waals surface area contributed by atoms with Crippen LogP contribution in [0.2, 0.25) is 0 Å². The second-order valence-corrected chi connectivity index (χ2v) is 4.79. The fourth-order valence-corrected chi connectivity index (χ4v) is 2.28. The van der Waals surface area contributed by atoms with Crippen molar-refractivity contribution in [2.45, 2.75) is 38.3 Å². The molecule has 1 aliphatic heterocycles. The average molecular weight is 284 g/mol. The van der Waals surface area contributed by atoms with E-state index in [1.165, 1.54) is 12.1 Å². The molecule has 6 heteroatoms. The Hall–Kier alpha value is -1.69. The number of amides is 1. The van der Waals surface area contributed by atoms with E-state index in [4.69, 9.17) is 0 Å². The van der Waals surface area contributed by atoms with Gasteiger partial charge in [0.1, 0.15) is 5.75 Å². The van der Waals surface area contributed by atoms with Gasteiger partial charge in [-0.25, -0.2) is 0 Å². The van der Waals surface area contributed by atoms with Crippen molar-refractivity contribution in [2.75, 3.05) is 11.9 Å². The number of carbonyl (C=O) groups excluding carboxylic acids is 1. The van der Waals surface area contributed by atoms with E-state index in [1.54, 1.807) is 12.1 Å². The SMILES string of the molecule is O=C(CCC1CCCN1)Nc1cccc(OC(F)F)c1. The minimum absolute atomic E-state index is 0.0373. The summed E-state index contributed by atoms with van der Waals surface area (Å²) in [7, 11) is 0. The van der Waals surface area contributed by atoms with E-state index in [9.17, 15) is 13.6 Å². The molecule has 20 heavy (non-hydrogen) atoms. The molecule has 2 N–H and O–H groups in total. The highest BCUT2D eigenvalue weighted by atomic mass is 19.3. The Morgan fingerprint density at radius 2 is 2.35 bits per heavy atom. The van der Waals surface area contributed by atoms with Gasteiger partial charge in [0.05, 0.1) is 0 Å². The minimum Gasteiger partial charge on any atom is -0.435 e. The van der Waals surface area contributed by atoms with Gasteiger partial charge in [0.25, 0.3) is 0 Å². The number of carbonyl (C=O) groups is 1. The number of nitrogens with one attached hydrogen (secondary N) is 2. The highest BCUT2D eigenvalue weighted by Gasteiger charge is 2.15. The molecule has 2 rings (SSSR count). The maximum atomic E-state index is 12.1. The largest absolute Gasteiger partial charge is 0.435 e. The monoisotopic (exact) mass is 284 g/mol. The number of halogens is 2. The third-order valence-electron chi connectivity index (χ3n) is 3.23. The molecule has 1 fully saturated rings. The maximum absolute atomic E-state index is 12.1. The van der Waals surface area contributed by atoms with Crippen LogP contribution in [0.3, 0.4) is 0 Å². The van der Waals surface area contributed by atoms with Gasteiger partial charge in [0.15, 0.2) is 0 Å². The first kappa shape index (κ1) is 14.7. The number of ether oxygens (including phenoxy) is 1. The molecule has 1 aliphatic rings. The zero-order valence-corrected chi connectivity index (χ0v) is 11.1. The predicted molar refractivity (Wildman–Crippen MR) is 72.0 cm³/mol. The lowest BCUT2D eigenvalue weighted by atomic mass is 10.1. The lowest BCUT2D eigenvalue weighted by Crippen LogP contribution is -2.23. The molecule has 1 aromatic carbocycles. The van der Waals surface area contributed by atoms with E-state index in [1.807, 2.05) is 0 Å². The highest BCUT2D eigenvalue weighted by molar-refractivity contribution is 5.90. The van der Waals surface area contributed by atoms with Gasteiger partial charge in [-0.2, -0.15) is 8.78 Å². The van der Waals surface area contributed by atoms with Crippen LogP contribution < -0.4 is 15.4 Å². The second kappa shape index (κ2) is 7.19. The Morgan fingerprint density at radius 3 is 3.05 bits per heavy atom. The number of hydrogen-bond acceptors (Lipinski definition) is 3. The van der Waals surface area contributed by atoms with E-state index in [2.05, 4.69) is 15.4 Å². The van der Waals surface area contributed by atoms with Crippen LogP contribution in [0.1, 0.15) is 25.7 Å². The first-order chi connectivity index (χ1) is 9.63. The number of benzene rings is 1. The van der Waals surface area contributed by atoms with Crippen LogP contribution in [-0.4, -0.2) is 25.1 Å². The molecule has 0 spiro atoms. The first-order valence-corrected chi connectivity index (χ1v) is 6.71. The smallest absolute Gasteiger partial charge is 0.387 e. The van der Waals surface area contributed by atoms with Gasteiger partial charge in [-0.15, -0.1) is 0 Å². The lowest BCUT2D eigenvalue weighted by molar-refractivity contribution is -0.116. The maximum Gasteiger partial charge on any atom is 0.387 e. The van der Waals surface area contributed by atoms with Crippen molar-refractivity contribution < 1.29 is 18.3 Å². The summed E-state index contributed by atoms with van der Waals surface area (Å²) in [5.41, 5.74) is 0.465. The van der Waals surface area contributed by atoms with Crippen LogP contribution in [0.15, 0.2) is 24.3 Å². The third kappa shape index (κ3) is 4.77. The summed E-state index contributed by atoms with van der Waals surface area (Å²) in [6.07, 6.45) is 3.46. The van der Waals surface area contributed by atoms with Gasteiger partial charge >= 0.3 is 6.61 Å². The van der Waals surface area contributed by atoms with Gasteiger partial charge in [0, 0.05) is 24.2 Å². The summed E-state index contributed by atoms with van der Waals surface area (Å²) in [6.45, 7) is -1.85. The van der Waals surface area contributed by atoms with Crippen molar-refractivity contribution in [1.82, 2.24) is 5.32 Å². The van der Waals surface area contributed by atoms with E-state index >= 15 is 0 Å². The molecule has 0 bridgehead atoms. The van der Waals surface area contributed by atoms with Gasteiger partial charge in [0.2, 0.25) is 5.91 Å². The van der Waals surface area contributed by atoms with Crippen LogP contribution in [0.25, 0.3) is 0 Å². The Labute approximate surface area is 116 Å². The van der Waals surface area contributed by atoms with Crippen molar-refractivity contribution in [3.05, 3.63) is 24.3 Å². The molecule has 1 saturated heterocycles. The number of hydrogen-bond donors (Lipinski definition) is 2. The van der Waals surface area contributed by atoms with Crippen molar-refractivity contribution in [3.8, 4) is 5.75 Å². The molecular formula is C14H18F2N2O2. The summed E-state index contributed by atoms with van der Waals surface area (Å²) >= 11 is 0. The Bertz CT molecular complexity index is 449. The molecule has 0 radical (unpaired) electrons. The van der Waals surface area contributed by atoms with E-state index in [-0.39, 0.29) is 11.7 Å². The fraction of sp³-hybridized carbons (Fsp3) is 0.500. The Balaban J connectivity index is 1.80. The lowest BCUT2D eigenvalue weighted by Gasteiger charge is -2.11. The van der Waals surface area contributed by atoms with Crippen molar-refractivity contribution in [3.63, 3.8) is 0 Å². The summed E-state index contributed by atoms with van der Waals surface area (Å²) < 4.78 is 28.5. The van der Waals surface area contributed by atoms with Crippen LogP contribution in [0.4, 0.5) is 14.5 Å². The molecule has 0 aromatic heterocycles. The fourth-order valence-electron chi connectivity index (χ4n) is 2.28. The van der Waals surface area contributed by atoms with Crippen molar-refractivity contribution >= 4 is 11.6 Å². The average Bonchev–Trinajstić information content (AvgIpc) is 2.89. The number of anilines is 1.